The second-order valence-electron chi connectivity index (χ2n) is 8.98. The molecule has 3 aliphatic heterocycles. The van der Waals surface area contributed by atoms with E-state index >= 15 is 0 Å². The number of hydrogen-bond donors (Lipinski definition) is 0. The van der Waals surface area contributed by atoms with Crippen LogP contribution >= 0.6 is 0 Å². The SMILES string of the molecule is CO[C@]1(C)O[C@@H]2[C@@H](O[C@@]1(C)OC)[C@H](C)O[C@@H](OCc1ccccc1)[C@@H]2O[C@H]1C=CC(=O)[C@H](C)O1. The van der Waals surface area contributed by atoms with Gasteiger partial charge in [0.05, 0.1) is 12.7 Å². The van der Waals surface area contributed by atoms with Gasteiger partial charge in [-0.1, -0.05) is 30.3 Å². The lowest BCUT2D eigenvalue weighted by molar-refractivity contribution is -0.482. The summed E-state index contributed by atoms with van der Waals surface area (Å²) in [6.07, 6.45) is -1.50. The molecule has 0 amide bonds. The average Bonchev–Trinajstić information content (AvgIpc) is 2.84. The fraction of sp³-hybridized carbons (Fsp3) is 0.640. The zero-order valence-electron chi connectivity index (χ0n) is 20.5. The smallest absolute Gasteiger partial charge is 0.220 e. The van der Waals surface area contributed by atoms with Crippen LogP contribution in [0, 0.1) is 0 Å². The lowest BCUT2D eigenvalue weighted by Crippen LogP contribution is -2.72. The molecule has 3 aliphatic rings. The van der Waals surface area contributed by atoms with Crippen molar-refractivity contribution in [3.05, 3.63) is 48.0 Å². The molecule has 4 rings (SSSR count). The number of hydrogen-bond acceptors (Lipinski definition) is 9. The van der Waals surface area contributed by atoms with Crippen molar-refractivity contribution in [3.63, 3.8) is 0 Å². The Labute approximate surface area is 200 Å². The summed E-state index contributed by atoms with van der Waals surface area (Å²) in [6, 6.07) is 9.77. The third-order valence-corrected chi connectivity index (χ3v) is 6.76. The fourth-order valence-corrected chi connectivity index (χ4v) is 4.36. The monoisotopic (exact) mass is 478 g/mol. The maximum absolute atomic E-state index is 11.9. The molecule has 0 bridgehead atoms. The van der Waals surface area contributed by atoms with E-state index in [2.05, 4.69) is 0 Å². The fourth-order valence-electron chi connectivity index (χ4n) is 4.36. The summed E-state index contributed by atoms with van der Waals surface area (Å²) in [5.41, 5.74) is 0.988. The van der Waals surface area contributed by atoms with Gasteiger partial charge < -0.3 is 37.9 Å². The van der Waals surface area contributed by atoms with E-state index in [1.807, 2.05) is 37.3 Å². The van der Waals surface area contributed by atoms with Crippen molar-refractivity contribution in [3.8, 4) is 0 Å². The summed E-state index contributed by atoms with van der Waals surface area (Å²) in [4.78, 5) is 11.9. The minimum Gasteiger partial charge on any atom is -0.349 e. The minimum atomic E-state index is -1.24. The van der Waals surface area contributed by atoms with Gasteiger partial charge in [0.1, 0.15) is 24.4 Å². The van der Waals surface area contributed by atoms with Crippen LogP contribution in [0.2, 0.25) is 0 Å². The van der Waals surface area contributed by atoms with Gasteiger partial charge in [-0.05, 0) is 45.4 Å². The third-order valence-electron chi connectivity index (χ3n) is 6.76. The van der Waals surface area contributed by atoms with Gasteiger partial charge >= 0.3 is 0 Å². The molecule has 0 saturated carbocycles. The summed E-state index contributed by atoms with van der Waals surface area (Å²) in [5.74, 6) is -2.55. The standard InChI is InChI=1S/C25H34O9/c1-15-18(26)12-13-19(30-15)32-22-21-20(33-24(3,27-5)25(4,28-6)34-21)16(2)31-23(22)29-14-17-10-8-7-9-11-17/h7-13,15-16,19-23H,14H2,1-6H3/t15-,16-,19-,20-,21+,22+,23+,24+,25+/m0/s1. The Morgan fingerprint density at radius 1 is 0.941 bits per heavy atom. The van der Waals surface area contributed by atoms with Gasteiger partial charge in [0.2, 0.25) is 11.6 Å². The van der Waals surface area contributed by atoms with Gasteiger partial charge in [-0.25, -0.2) is 0 Å². The number of benzene rings is 1. The predicted octanol–water partition coefficient (Wildman–Crippen LogP) is 2.71. The predicted molar refractivity (Wildman–Crippen MR) is 119 cm³/mol. The Morgan fingerprint density at radius 2 is 1.59 bits per heavy atom. The van der Waals surface area contributed by atoms with Crippen LogP contribution in [0.1, 0.15) is 33.3 Å². The van der Waals surface area contributed by atoms with E-state index < -0.39 is 54.7 Å². The quantitative estimate of drug-likeness (QED) is 0.587. The normalized spacial score (nSPS) is 42.4. The molecule has 9 atom stereocenters. The van der Waals surface area contributed by atoms with Crippen molar-refractivity contribution in [1.82, 2.24) is 0 Å². The molecule has 2 fully saturated rings. The van der Waals surface area contributed by atoms with Crippen LogP contribution in [0.15, 0.2) is 42.5 Å². The highest BCUT2D eigenvalue weighted by Crippen LogP contribution is 2.44. The summed E-state index contributed by atoms with van der Waals surface area (Å²) < 4.78 is 48.6. The van der Waals surface area contributed by atoms with Crippen LogP contribution in [0.5, 0.6) is 0 Å². The van der Waals surface area contributed by atoms with E-state index in [0.29, 0.717) is 6.61 Å². The zero-order chi connectivity index (χ0) is 24.5. The molecule has 2 saturated heterocycles. The molecule has 1 aromatic carbocycles. The van der Waals surface area contributed by atoms with E-state index in [9.17, 15) is 4.79 Å². The highest BCUT2D eigenvalue weighted by Gasteiger charge is 2.62. The molecule has 0 unspecified atom stereocenters. The van der Waals surface area contributed by atoms with Gasteiger partial charge in [-0.15, -0.1) is 0 Å². The van der Waals surface area contributed by atoms with Crippen LogP contribution in [0.3, 0.4) is 0 Å². The van der Waals surface area contributed by atoms with Crippen molar-refractivity contribution in [2.75, 3.05) is 14.2 Å². The lowest BCUT2D eigenvalue weighted by atomic mass is 9.94. The minimum absolute atomic E-state index is 0.122. The van der Waals surface area contributed by atoms with Gasteiger partial charge in [-0.2, -0.15) is 0 Å². The largest absolute Gasteiger partial charge is 0.349 e. The molecule has 9 heteroatoms. The maximum Gasteiger partial charge on any atom is 0.220 e. The van der Waals surface area contributed by atoms with E-state index in [0.717, 1.165) is 5.56 Å². The lowest BCUT2D eigenvalue weighted by Gasteiger charge is -2.57. The molecule has 34 heavy (non-hydrogen) atoms. The average molecular weight is 479 g/mol. The molecule has 0 aromatic heterocycles. The van der Waals surface area contributed by atoms with Crippen LogP contribution in [0.25, 0.3) is 0 Å². The van der Waals surface area contributed by atoms with E-state index in [1.54, 1.807) is 26.8 Å². The molecule has 0 aliphatic carbocycles. The molecule has 1 aromatic rings. The number of fused-ring (bicyclic) bond motifs is 1. The van der Waals surface area contributed by atoms with Crippen LogP contribution < -0.4 is 0 Å². The second kappa shape index (κ2) is 10.1. The Kier molecular flexibility index (Phi) is 7.56. The Bertz CT molecular complexity index is 876. The zero-order valence-corrected chi connectivity index (χ0v) is 20.5. The van der Waals surface area contributed by atoms with Crippen LogP contribution in [-0.4, -0.2) is 74.7 Å². The Morgan fingerprint density at radius 3 is 2.21 bits per heavy atom. The number of ketones is 1. The third kappa shape index (κ3) is 4.84. The van der Waals surface area contributed by atoms with Gasteiger partial charge in [0, 0.05) is 14.2 Å². The highest BCUT2D eigenvalue weighted by atomic mass is 16.8. The summed E-state index contributed by atoms with van der Waals surface area (Å²) in [7, 11) is 3.07. The van der Waals surface area contributed by atoms with Crippen LogP contribution in [0.4, 0.5) is 0 Å². The molecule has 0 radical (unpaired) electrons. The van der Waals surface area contributed by atoms with E-state index in [-0.39, 0.29) is 5.78 Å². The first-order valence-corrected chi connectivity index (χ1v) is 11.5. The summed E-state index contributed by atoms with van der Waals surface area (Å²) in [5, 5.41) is 0. The maximum atomic E-state index is 11.9. The van der Waals surface area contributed by atoms with E-state index in [4.69, 9.17) is 37.9 Å². The topological polar surface area (TPSA) is 90.9 Å². The summed E-state index contributed by atoms with van der Waals surface area (Å²) >= 11 is 0. The van der Waals surface area contributed by atoms with Gasteiger partial charge in [0.25, 0.3) is 0 Å². The molecule has 9 nitrogen and oxygen atoms in total. The molecule has 0 spiro atoms. The molecular weight excluding hydrogens is 444 g/mol. The summed E-state index contributed by atoms with van der Waals surface area (Å²) in [6.45, 7) is 7.39. The highest BCUT2D eigenvalue weighted by molar-refractivity contribution is 5.93. The van der Waals surface area contributed by atoms with Crippen molar-refractivity contribution in [2.45, 2.75) is 89.0 Å². The van der Waals surface area contributed by atoms with Crippen molar-refractivity contribution in [1.29, 1.82) is 0 Å². The van der Waals surface area contributed by atoms with E-state index in [1.165, 1.54) is 20.3 Å². The first-order valence-electron chi connectivity index (χ1n) is 11.5. The van der Waals surface area contributed by atoms with Crippen molar-refractivity contribution in [2.24, 2.45) is 0 Å². The molecular formula is C25H34O9. The number of methoxy groups -OCH3 is 2. The Balaban J connectivity index is 1.61. The van der Waals surface area contributed by atoms with Gasteiger partial charge in [0.15, 0.2) is 18.4 Å². The Hall–Kier alpha value is -1.69. The number of carbonyl (C=O) groups excluding carboxylic acids is 1. The number of carbonyl (C=O) groups is 1. The molecule has 0 N–H and O–H groups in total. The van der Waals surface area contributed by atoms with Crippen molar-refractivity contribution < 1.29 is 42.7 Å². The number of rotatable bonds is 7. The first-order chi connectivity index (χ1) is 16.2. The second-order valence-corrected chi connectivity index (χ2v) is 8.98. The first kappa shape index (κ1) is 25.4. The molecule has 3 heterocycles. The van der Waals surface area contributed by atoms with Crippen LogP contribution in [-0.2, 0) is 49.3 Å². The van der Waals surface area contributed by atoms with Crippen molar-refractivity contribution >= 4 is 5.78 Å². The van der Waals surface area contributed by atoms with Gasteiger partial charge in [-0.3, -0.25) is 4.79 Å². The molecule has 188 valence electrons. The number of ether oxygens (including phenoxy) is 8.